The molecule has 0 aromatic rings. The zero-order chi connectivity index (χ0) is 16.3. The quantitative estimate of drug-likeness (QED) is 0.261. The molecule has 0 spiro atoms. The molecular formula is C20H37O2-. The number of carbonyl (C=O) groups excluding carboxylic acids is 1. The summed E-state index contributed by atoms with van der Waals surface area (Å²) in [6.45, 7) is 2.26. The maximum Gasteiger partial charge on any atom is 0.0414 e. The summed E-state index contributed by atoms with van der Waals surface area (Å²) in [4.78, 5) is 10.2. The minimum atomic E-state index is -0.909. The van der Waals surface area contributed by atoms with E-state index in [2.05, 4.69) is 19.1 Å². The second-order valence-corrected chi connectivity index (χ2v) is 6.41. The first-order chi connectivity index (χ1) is 10.8. The van der Waals surface area contributed by atoms with Crippen LogP contribution < -0.4 is 5.11 Å². The minimum absolute atomic E-state index is 0.226. The predicted molar refractivity (Wildman–Crippen MR) is 93.7 cm³/mol. The summed E-state index contributed by atoms with van der Waals surface area (Å²) in [6, 6.07) is 0. The van der Waals surface area contributed by atoms with E-state index in [9.17, 15) is 9.90 Å². The van der Waals surface area contributed by atoms with E-state index in [0.29, 0.717) is 0 Å². The van der Waals surface area contributed by atoms with Gasteiger partial charge in [0.1, 0.15) is 0 Å². The van der Waals surface area contributed by atoms with Crippen LogP contribution in [0.4, 0.5) is 0 Å². The Labute approximate surface area is 138 Å². The molecule has 130 valence electrons. The van der Waals surface area contributed by atoms with Gasteiger partial charge in [0.05, 0.1) is 0 Å². The van der Waals surface area contributed by atoms with Gasteiger partial charge in [0, 0.05) is 5.97 Å². The minimum Gasteiger partial charge on any atom is -0.550 e. The van der Waals surface area contributed by atoms with E-state index >= 15 is 0 Å². The molecule has 2 heteroatoms. The van der Waals surface area contributed by atoms with Gasteiger partial charge < -0.3 is 9.90 Å². The van der Waals surface area contributed by atoms with Gasteiger partial charge in [-0.15, -0.1) is 0 Å². The van der Waals surface area contributed by atoms with Crippen molar-refractivity contribution >= 4 is 5.97 Å². The Bertz CT molecular complexity index is 258. The molecule has 2 nitrogen and oxygen atoms in total. The van der Waals surface area contributed by atoms with Crippen LogP contribution in [-0.4, -0.2) is 5.97 Å². The SMILES string of the molecule is CCCCCCCC/C=C\CCCCCCCCCC(=O)[O-]. The highest BCUT2D eigenvalue weighted by atomic mass is 16.4. The summed E-state index contributed by atoms with van der Waals surface area (Å²) in [5.41, 5.74) is 0. The summed E-state index contributed by atoms with van der Waals surface area (Å²) < 4.78 is 0. The number of hydrogen-bond donors (Lipinski definition) is 0. The van der Waals surface area contributed by atoms with Crippen LogP contribution in [0.2, 0.25) is 0 Å². The molecule has 0 bridgehead atoms. The van der Waals surface area contributed by atoms with Crippen molar-refractivity contribution in [1.29, 1.82) is 0 Å². The van der Waals surface area contributed by atoms with E-state index < -0.39 is 5.97 Å². The fraction of sp³-hybridized carbons (Fsp3) is 0.850. The Morgan fingerprint density at radius 2 is 1.09 bits per heavy atom. The van der Waals surface area contributed by atoms with Crippen LogP contribution in [0.15, 0.2) is 12.2 Å². The summed E-state index contributed by atoms with van der Waals surface area (Å²) in [5, 5.41) is 10.2. The zero-order valence-electron chi connectivity index (χ0n) is 14.8. The van der Waals surface area contributed by atoms with Gasteiger partial charge in [-0.2, -0.15) is 0 Å². The lowest BCUT2D eigenvalue weighted by molar-refractivity contribution is -0.305. The van der Waals surface area contributed by atoms with Crippen LogP contribution >= 0.6 is 0 Å². The van der Waals surface area contributed by atoms with E-state index in [4.69, 9.17) is 0 Å². The summed E-state index contributed by atoms with van der Waals surface area (Å²) in [5.74, 6) is -0.909. The van der Waals surface area contributed by atoms with E-state index in [1.807, 2.05) is 0 Å². The number of aliphatic carboxylic acids is 1. The van der Waals surface area contributed by atoms with Crippen LogP contribution in [0.3, 0.4) is 0 Å². The van der Waals surface area contributed by atoms with Crippen molar-refractivity contribution in [2.45, 2.75) is 110 Å². The molecule has 0 saturated heterocycles. The third kappa shape index (κ3) is 19.2. The fourth-order valence-corrected chi connectivity index (χ4v) is 2.69. The molecule has 0 aliphatic heterocycles. The number of carboxylic acid groups (broad SMARTS) is 1. The topological polar surface area (TPSA) is 40.1 Å². The van der Waals surface area contributed by atoms with Crippen molar-refractivity contribution in [2.24, 2.45) is 0 Å². The van der Waals surface area contributed by atoms with Gasteiger partial charge in [0.2, 0.25) is 0 Å². The van der Waals surface area contributed by atoms with Crippen LogP contribution in [-0.2, 0) is 4.79 Å². The number of rotatable bonds is 17. The highest BCUT2D eigenvalue weighted by molar-refractivity contribution is 5.63. The second kappa shape index (κ2) is 18.3. The van der Waals surface area contributed by atoms with Crippen LogP contribution in [0.5, 0.6) is 0 Å². The van der Waals surface area contributed by atoms with E-state index in [0.717, 1.165) is 12.8 Å². The van der Waals surface area contributed by atoms with Crippen molar-refractivity contribution < 1.29 is 9.90 Å². The van der Waals surface area contributed by atoms with Crippen molar-refractivity contribution in [3.63, 3.8) is 0 Å². The molecular weight excluding hydrogens is 272 g/mol. The first-order valence-corrected chi connectivity index (χ1v) is 9.62. The van der Waals surface area contributed by atoms with Gasteiger partial charge in [-0.1, -0.05) is 83.3 Å². The predicted octanol–water partition coefficient (Wildman–Crippen LogP) is 5.55. The van der Waals surface area contributed by atoms with Gasteiger partial charge in [0.15, 0.2) is 0 Å². The second-order valence-electron chi connectivity index (χ2n) is 6.41. The normalized spacial score (nSPS) is 11.3. The average Bonchev–Trinajstić information content (AvgIpc) is 2.50. The molecule has 0 heterocycles. The molecule has 0 unspecified atom stereocenters. The van der Waals surface area contributed by atoms with Crippen LogP contribution in [0, 0.1) is 0 Å². The van der Waals surface area contributed by atoms with Gasteiger partial charge in [-0.3, -0.25) is 0 Å². The Morgan fingerprint density at radius 3 is 1.55 bits per heavy atom. The number of carboxylic acids is 1. The van der Waals surface area contributed by atoms with Crippen molar-refractivity contribution in [3.8, 4) is 0 Å². The van der Waals surface area contributed by atoms with Crippen molar-refractivity contribution in [2.75, 3.05) is 0 Å². The number of allylic oxidation sites excluding steroid dienone is 2. The molecule has 0 aromatic carbocycles. The molecule has 0 aliphatic rings. The standard InChI is InChI=1S/C20H38O2/c1-2-3-4-5-6-7-8-9-10-11-12-13-14-15-16-17-18-19-20(21)22/h9-10H,2-8,11-19H2,1H3,(H,21,22)/p-1/b10-9-. The smallest absolute Gasteiger partial charge is 0.0414 e. The molecule has 0 atom stereocenters. The highest BCUT2D eigenvalue weighted by Gasteiger charge is 1.92. The largest absolute Gasteiger partial charge is 0.550 e. The molecule has 22 heavy (non-hydrogen) atoms. The Kier molecular flexibility index (Phi) is 17.6. The maximum absolute atomic E-state index is 10.2. The number of hydrogen-bond acceptors (Lipinski definition) is 2. The van der Waals surface area contributed by atoms with Crippen LogP contribution in [0.1, 0.15) is 110 Å². The third-order valence-corrected chi connectivity index (χ3v) is 4.14. The fourth-order valence-electron chi connectivity index (χ4n) is 2.69. The first kappa shape index (κ1) is 21.2. The molecule has 0 fully saturated rings. The third-order valence-electron chi connectivity index (χ3n) is 4.14. The Balaban J connectivity index is 3.06. The lowest BCUT2D eigenvalue weighted by Crippen LogP contribution is -2.21. The first-order valence-electron chi connectivity index (χ1n) is 9.62. The van der Waals surface area contributed by atoms with Crippen molar-refractivity contribution in [1.82, 2.24) is 0 Å². The molecule has 0 aromatic heterocycles. The molecule has 0 aliphatic carbocycles. The lowest BCUT2D eigenvalue weighted by Gasteiger charge is -2.02. The summed E-state index contributed by atoms with van der Waals surface area (Å²) >= 11 is 0. The van der Waals surface area contributed by atoms with Crippen LogP contribution in [0.25, 0.3) is 0 Å². The summed E-state index contributed by atoms with van der Waals surface area (Å²) in [6.07, 6.45) is 23.8. The maximum atomic E-state index is 10.2. The molecule has 0 N–H and O–H groups in total. The number of unbranched alkanes of at least 4 members (excludes halogenated alkanes) is 13. The monoisotopic (exact) mass is 309 g/mol. The van der Waals surface area contributed by atoms with E-state index in [-0.39, 0.29) is 6.42 Å². The van der Waals surface area contributed by atoms with E-state index in [1.54, 1.807) is 0 Å². The Morgan fingerprint density at radius 1 is 0.682 bits per heavy atom. The number of carbonyl (C=O) groups is 1. The highest BCUT2D eigenvalue weighted by Crippen LogP contribution is 2.11. The summed E-state index contributed by atoms with van der Waals surface area (Å²) in [7, 11) is 0. The molecule has 0 rings (SSSR count). The molecule has 0 saturated carbocycles. The zero-order valence-corrected chi connectivity index (χ0v) is 14.8. The lowest BCUT2D eigenvalue weighted by atomic mass is 10.1. The van der Waals surface area contributed by atoms with Gasteiger partial charge in [-0.05, 0) is 38.5 Å². The van der Waals surface area contributed by atoms with Gasteiger partial charge >= 0.3 is 0 Å². The Hall–Kier alpha value is -0.790. The molecule has 0 amide bonds. The van der Waals surface area contributed by atoms with E-state index in [1.165, 1.54) is 83.5 Å². The van der Waals surface area contributed by atoms with Gasteiger partial charge in [0.25, 0.3) is 0 Å². The molecule has 0 radical (unpaired) electrons. The van der Waals surface area contributed by atoms with Crippen molar-refractivity contribution in [3.05, 3.63) is 12.2 Å². The average molecular weight is 310 g/mol. The van der Waals surface area contributed by atoms with Gasteiger partial charge in [-0.25, -0.2) is 0 Å².